The molecule has 0 bridgehead atoms. The van der Waals surface area contributed by atoms with E-state index in [0.29, 0.717) is 6.42 Å². The second kappa shape index (κ2) is 6.54. The molecule has 1 heterocycles. The van der Waals surface area contributed by atoms with Crippen LogP contribution in [0.2, 0.25) is 0 Å². The van der Waals surface area contributed by atoms with Gasteiger partial charge in [0.2, 0.25) is 5.91 Å². The summed E-state index contributed by atoms with van der Waals surface area (Å²) in [6, 6.07) is 8.05. The first-order valence-corrected chi connectivity index (χ1v) is 8.08. The fourth-order valence-electron chi connectivity index (χ4n) is 3.44. The Labute approximate surface area is 136 Å². The average molecular weight is 313 g/mol. The van der Waals surface area contributed by atoms with Gasteiger partial charge in [-0.15, -0.1) is 0 Å². The van der Waals surface area contributed by atoms with E-state index in [0.717, 1.165) is 35.4 Å². The number of carbonyl (C=O) groups is 1. The molecular formula is C18H23N3O2. The van der Waals surface area contributed by atoms with Crippen LogP contribution >= 0.6 is 0 Å². The van der Waals surface area contributed by atoms with Crippen LogP contribution in [-0.2, 0) is 17.6 Å². The molecule has 0 unspecified atom stereocenters. The van der Waals surface area contributed by atoms with Crippen LogP contribution in [0.15, 0.2) is 24.3 Å². The normalized spacial score (nSPS) is 20.1. The van der Waals surface area contributed by atoms with Crippen LogP contribution in [0.3, 0.4) is 0 Å². The Kier molecular flexibility index (Phi) is 4.48. The molecule has 3 rings (SSSR count). The van der Waals surface area contributed by atoms with Gasteiger partial charge < -0.3 is 10.4 Å². The minimum absolute atomic E-state index is 0.0299. The summed E-state index contributed by atoms with van der Waals surface area (Å²) in [5.41, 5.74) is 5.14. The quantitative estimate of drug-likeness (QED) is 0.807. The molecule has 1 aliphatic carbocycles. The fraction of sp³-hybridized carbons (Fsp3) is 0.444. The predicted molar refractivity (Wildman–Crippen MR) is 88.0 cm³/mol. The maximum Gasteiger partial charge on any atom is 0.225 e. The number of hydrogen-bond acceptors (Lipinski definition) is 3. The Morgan fingerprint density at radius 3 is 2.87 bits per heavy atom. The van der Waals surface area contributed by atoms with E-state index in [1.165, 1.54) is 5.56 Å². The number of aromatic nitrogens is 2. The number of carbonyl (C=O) groups excluding carboxylic acids is 1. The van der Waals surface area contributed by atoms with Crippen molar-refractivity contribution in [3.8, 4) is 0 Å². The molecule has 0 radical (unpaired) electrons. The number of benzene rings is 1. The van der Waals surface area contributed by atoms with E-state index in [1.54, 1.807) is 0 Å². The largest absolute Gasteiger partial charge is 0.396 e. The number of fused-ring (bicyclic) bond motifs is 1. The molecule has 0 saturated heterocycles. The van der Waals surface area contributed by atoms with Crippen molar-refractivity contribution >= 4 is 5.91 Å². The highest BCUT2D eigenvalue weighted by molar-refractivity contribution is 5.79. The molecule has 0 spiro atoms. The summed E-state index contributed by atoms with van der Waals surface area (Å²) in [5, 5.41) is 19.9. The monoisotopic (exact) mass is 313 g/mol. The lowest BCUT2D eigenvalue weighted by molar-refractivity contribution is -0.121. The Morgan fingerprint density at radius 1 is 1.39 bits per heavy atom. The van der Waals surface area contributed by atoms with Gasteiger partial charge in [0.1, 0.15) is 0 Å². The van der Waals surface area contributed by atoms with Crippen molar-refractivity contribution in [1.29, 1.82) is 0 Å². The molecule has 1 aliphatic rings. The summed E-state index contributed by atoms with van der Waals surface area (Å²) in [6.45, 7) is 3.91. The molecule has 0 aliphatic heterocycles. The zero-order valence-electron chi connectivity index (χ0n) is 13.6. The standard InChI is InChI=1S/C18H23N3O2/c1-11-16(12(2)21-20-11)9-17(23)19-18-14(10-22)8-7-13-5-3-4-6-15(13)18/h3-6,14,18,22H,7-10H2,1-2H3,(H,19,23)(H,20,21)/t14-,18-/m1/s1. The van der Waals surface area contributed by atoms with Gasteiger partial charge in [0.05, 0.1) is 18.2 Å². The molecule has 3 N–H and O–H groups in total. The minimum atomic E-state index is -0.120. The van der Waals surface area contributed by atoms with Crippen molar-refractivity contribution in [2.75, 3.05) is 6.61 Å². The molecule has 23 heavy (non-hydrogen) atoms. The zero-order chi connectivity index (χ0) is 16.4. The third-order valence-corrected chi connectivity index (χ3v) is 4.82. The summed E-state index contributed by atoms with van der Waals surface area (Å²) in [5.74, 6) is 0.0400. The number of nitrogens with one attached hydrogen (secondary N) is 2. The second-order valence-corrected chi connectivity index (χ2v) is 6.31. The first kappa shape index (κ1) is 15.7. The number of rotatable bonds is 4. The Bertz CT molecular complexity index is 689. The van der Waals surface area contributed by atoms with Gasteiger partial charge in [0.15, 0.2) is 0 Å². The third kappa shape index (κ3) is 3.15. The number of aryl methyl sites for hydroxylation is 3. The number of nitrogens with zero attached hydrogens (tertiary/aromatic N) is 1. The Hall–Kier alpha value is -2.14. The van der Waals surface area contributed by atoms with E-state index in [2.05, 4.69) is 27.6 Å². The fourth-order valence-corrected chi connectivity index (χ4v) is 3.44. The molecule has 2 atom stereocenters. The SMILES string of the molecule is Cc1n[nH]c(C)c1CC(=O)N[C@H]1c2ccccc2CC[C@@H]1CO. The van der Waals surface area contributed by atoms with Crippen molar-refractivity contribution in [2.45, 2.75) is 39.2 Å². The van der Waals surface area contributed by atoms with Crippen LogP contribution in [0, 0.1) is 19.8 Å². The van der Waals surface area contributed by atoms with Crippen molar-refractivity contribution in [2.24, 2.45) is 5.92 Å². The van der Waals surface area contributed by atoms with Gasteiger partial charge in [0, 0.05) is 23.8 Å². The topological polar surface area (TPSA) is 78.0 Å². The van der Waals surface area contributed by atoms with Crippen molar-refractivity contribution in [3.05, 3.63) is 52.3 Å². The summed E-state index contributed by atoms with van der Waals surface area (Å²) >= 11 is 0. The maximum absolute atomic E-state index is 12.5. The molecule has 1 aromatic carbocycles. The minimum Gasteiger partial charge on any atom is -0.396 e. The third-order valence-electron chi connectivity index (χ3n) is 4.82. The van der Waals surface area contributed by atoms with Gasteiger partial charge in [-0.25, -0.2) is 0 Å². The highest BCUT2D eigenvalue weighted by Crippen LogP contribution is 2.34. The first-order chi connectivity index (χ1) is 11.1. The lowest BCUT2D eigenvalue weighted by Gasteiger charge is -2.33. The van der Waals surface area contributed by atoms with E-state index in [4.69, 9.17) is 0 Å². The average Bonchev–Trinajstić information content (AvgIpc) is 2.87. The van der Waals surface area contributed by atoms with Gasteiger partial charge in [-0.1, -0.05) is 24.3 Å². The van der Waals surface area contributed by atoms with Crippen LogP contribution < -0.4 is 5.32 Å². The first-order valence-electron chi connectivity index (χ1n) is 8.08. The van der Waals surface area contributed by atoms with Gasteiger partial charge in [-0.05, 0) is 37.8 Å². The van der Waals surface area contributed by atoms with E-state index < -0.39 is 0 Å². The van der Waals surface area contributed by atoms with Gasteiger partial charge >= 0.3 is 0 Å². The maximum atomic E-state index is 12.5. The molecule has 5 heteroatoms. The van der Waals surface area contributed by atoms with Crippen LogP contribution in [0.4, 0.5) is 0 Å². The van der Waals surface area contributed by atoms with Gasteiger partial charge in [-0.3, -0.25) is 9.89 Å². The molecule has 5 nitrogen and oxygen atoms in total. The van der Waals surface area contributed by atoms with Crippen LogP contribution in [-0.4, -0.2) is 27.8 Å². The smallest absolute Gasteiger partial charge is 0.225 e. The molecule has 1 amide bonds. The van der Waals surface area contributed by atoms with Gasteiger partial charge in [-0.2, -0.15) is 5.10 Å². The van der Waals surface area contributed by atoms with E-state index in [1.807, 2.05) is 26.0 Å². The molecule has 2 aromatic rings. The van der Waals surface area contributed by atoms with E-state index in [-0.39, 0.29) is 24.5 Å². The van der Waals surface area contributed by atoms with Crippen LogP contribution in [0.5, 0.6) is 0 Å². The molecule has 122 valence electrons. The number of aliphatic hydroxyl groups is 1. The Morgan fingerprint density at radius 2 is 2.17 bits per heavy atom. The van der Waals surface area contributed by atoms with Crippen LogP contribution in [0.25, 0.3) is 0 Å². The lowest BCUT2D eigenvalue weighted by Crippen LogP contribution is -2.38. The molecular weight excluding hydrogens is 290 g/mol. The second-order valence-electron chi connectivity index (χ2n) is 6.31. The van der Waals surface area contributed by atoms with Crippen molar-refractivity contribution in [1.82, 2.24) is 15.5 Å². The molecule has 0 fully saturated rings. The highest BCUT2D eigenvalue weighted by Gasteiger charge is 2.30. The summed E-state index contributed by atoms with van der Waals surface area (Å²) in [6.07, 6.45) is 2.15. The van der Waals surface area contributed by atoms with E-state index >= 15 is 0 Å². The number of aliphatic hydroxyl groups excluding tert-OH is 1. The number of hydrogen-bond donors (Lipinski definition) is 3. The summed E-state index contributed by atoms with van der Waals surface area (Å²) in [7, 11) is 0. The Balaban J connectivity index is 1.79. The summed E-state index contributed by atoms with van der Waals surface area (Å²) in [4.78, 5) is 12.5. The van der Waals surface area contributed by atoms with E-state index in [9.17, 15) is 9.90 Å². The highest BCUT2D eigenvalue weighted by atomic mass is 16.3. The molecule has 0 saturated carbocycles. The van der Waals surface area contributed by atoms with Gasteiger partial charge in [0.25, 0.3) is 0 Å². The number of H-pyrrole nitrogens is 1. The van der Waals surface area contributed by atoms with Crippen molar-refractivity contribution < 1.29 is 9.90 Å². The van der Waals surface area contributed by atoms with Crippen LogP contribution in [0.1, 0.15) is 40.5 Å². The zero-order valence-corrected chi connectivity index (χ0v) is 13.6. The summed E-state index contributed by atoms with van der Waals surface area (Å²) < 4.78 is 0. The predicted octanol–water partition coefficient (Wildman–Crippen LogP) is 1.98. The number of amides is 1. The van der Waals surface area contributed by atoms with Crippen molar-refractivity contribution in [3.63, 3.8) is 0 Å². The number of aromatic amines is 1. The lowest BCUT2D eigenvalue weighted by atomic mass is 9.80. The molecule has 1 aromatic heterocycles.